The fraction of sp³-hybridized carbons (Fsp3) is 0.364. The van der Waals surface area contributed by atoms with Crippen LogP contribution in [0, 0.1) is 13.8 Å². The van der Waals surface area contributed by atoms with E-state index in [1.807, 2.05) is 22.7 Å². The van der Waals surface area contributed by atoms with Crippen molar-refractivity contribution in [2.45, 2.75) is 52.4 Å². The molecule has 2 heteroatoms. The summed E-state index contributed by atoms with van der Waals surface area (Å²) >= 11 is 3.94. The lowest BCUT2D eigenvalue weighted by atomic mass is 9.81. The monoisotopic (exact) mass is 350 g/mol. The molecule has 2 aromatic heterocycles. The third-order valence-electron chi connectivity index (χ3n) is 5.93. The second-order valence-electron chi connectivity index (χ2n) is 8.39. The van der Waals surface area contributed by atoms with Crippen molar-refractivity contribution in [3.05, 3.63) is 54.9 Å². The fourth-order valence-corrected chi connectivity index (χ4v) is 6.97. The van der Waals surface area contributed by atoms with Gasteiger partial charge in [0.05, 0.1) is 0 Å². The lowest BCUT2D eigenvalue weighted by molar-refractivity contribution is 0.665. The van der Waals surface area contributed by atoms with E-state index in [0.717, 1.165) is 0 Å². The minimum absolute atomic E-state index is 0.122. The molecule has 0 unspecified atom stereocenters. The Kier molecular flexibility index (Phi) is 2.63. The van der Waals surface area contributed by atoms with E-state index < -0.39 is 0 Å². The van der Waals surface area contributed by atoms with Crippen LogP contribution in [0.15, 0.2) is 24.3 Å². The van der Waals surface area contributed by atoms with Gasteiger partial charge in [0.2, 0.25) is 0 Å². The molecule has 0 saturated heterocycles. The van der Waals surface area contributed by atoms with E-state index in [1.165, 1.54) is 43.1 Å². The first-order valence-corrected chi connectivity index (χ1v) is 10.3. The Morgan fingerprint density at radius 3 is 1.33 bits per heavy atom. The summed E-state index contributed by atoms with van der Waals surface area (Å²) in [6.07, 6.45) is 0. The largest absolute Gasteiger partial charge is 0.144 e. The first kappa shape index (κ1) is 14.9. The molecule has 0 N–H and O–H groups in total. The van der Waals surface area contributed by atoms with Crippen molar-refractivity contribution in [3.8, 4) is 22.3 Å². The molecule has 0 fully saturated rings. The quantitative estimate of drug-likeness (QED) is 0.408. The van der Waals surface area contributed by atoms with E-state index in [9.17, 15) is 0 Å². The first-order valence-electron chi connectivity index (χ1n) is 8.63. The van der Waals surface area contributed by atoms with Crippen molar-refractivity contribution < 1.29 is 0 Å². The van der Waals surface area contributed by atoms with Gasteiger partial charge in [-0.3, -0.25) is 0 Å². The Bertz CT molecular complexity index is 941. The number of rotatable bonds is 0. The second kappa shape index (κ2) is 4.23. The highest BCUT2D eigenvalue weighted by Crippen LogP contribution is 2.58. The third-order valence-corrected chi connectivity index (χ3v) is 8.68. The number of thiophene rings is 2. The molecule has 5 rings (SSSR count). The highest BCUT2D eigenvalue weighted by Gasteiger charge is 2.43. The van der Waals surface area contributed by atoms with Gasteiger partial charge in [0, 0.05) is 30.3 Å². The van der Waals surface area contributed by atoms with E-state index in [-0.39, 0.29) is 10.8 Å². The van der Waals surface area contributed by atoms with Crippen molar-refractivity contribution in [2.24, 2.45) is 0 Å². The molecule has 0 nitrogen and oxygen atoms in total. The molecular weight excluding hydrogens is 328 g/mol. The molecule has 0 bridgehead atoms. The number of fused-ring (bicyclic) bond motifs is 6. The highest BCUT2D eigenvalue weighted by atomic mass is 32.1. The summed E-state index contributed by atoms with van der Waals surface area (Å²) in [5.41, 5.74) is 9.15. The summed E-state index contributed by atoms with van der Waals surface area (Å²) in [4.78, 5) is 5.93. The predicted molar refractivity (Wildman–Crippen MR) is 107 cm³/mol. The molecule has 0 saturated carbocycles. The maximum Gasteiger partial charge on any atom is 0.0253 e. The van der Waals surface area contributed by atoms with Gasteiger partial charge in [0.25, 0.3) is 0 Å². The Hall–Kier alpha value is -1.38. The topological polar surface area (TPSA) is 0 Å². The summed E-state index contributed by atoms with van der Waals surface area (Å²) < 4.78 is 0. The standard InChI is InChI=1S/C22H22S2/c1-11-7-15-13-9-18-14(10-17(13)21(3,4)19(15)23-11)16-8-12(2)24-20(16)22(18,5)6/h7-10H,1-6H3. The van der Waals surface area contributed by atoms with Gasteiger partial charge in [0.15, 0.2) is 0 Å². The van der Waals surface area contributed by atoms with Crippen LogP contribution in [0.1, 0.15) is 58.3 Å². The molecule has 3 aromatic rings. The summed E-state index contributed by atoms with van der Waals surface area (Å²) in [5.74, 6) is 0. The molecule has 122 valence electrons. The SMILES string of the molecule is Cc1cc2c(s1)C(C)(C)c1cc3c(cc1-2)C(C)(C)c1sc(C)cc1-3. The minimum Gasteiger partial charge on any atom is -0.144 e. The van der Waals surface area contributed by atoms with Gasteiger partial charge in [-0.05, 0) is 71.5 Å². The summed E-state index contributed by atoms with van der Waals surface area (Å²) in [7, 11) is 0. The van der Waals surface area contributed by atoms with Gasteiger partial charge >= 0.3 is 0 Å². The average Bonchev–Trinajstić information content (AvgIpc) is 3.17. The van der Waals surface area contributed by atoms with Crippen molar-refractivity contribution in [1.29, 1.82) is 0 Å². The van der Waals surface area contributed by atoms with Crippen molar-refractivity contribution in [2.75, 3.05) is 0 Å². The maximum atomic E-state index is 2.51. The maximum absolute atomic E-state index is 2.51. The van der Waals surface area contributed by atoms with E-state index in [4.69, 9.17) is 0 Å². The van der Waals surface area contributed by atoms with Gasteiger partial charge in [-0.15, -0.1) is 22.7 Å². The normalized spacial score (nSPS) is 18.2. The number of hydrogen-bond acceptors (Lipinski definition) is 2. The zero-order valence-corrected chi connectivity index (χ0v) is 16.8. The van der Waals surface area contributed by atoms with Crippen LogP contribution in [0.2, 0.25) is 0 Å². The van der Waals surface area contributed by atoms with E-state index in [1.54, 1.807) is 9.75 Å². The molecule has 0 aliphatic heterocycles. The number of hydrogen-bond donors (Lipinski definition) is 0. The first-order chi connectivity index (χ1) is 11.2. The van der Waals surface area contributed by atoms with Crippen LogP contribution in [0.4, 0.5) is 0 Å². The van der Waals surface area contributed by atoms with E-state index in [0.29, 0.717) is 0 Å². The molecule has 2 aliphatic rings. The summed E-state index contributed by atoms with van der Waals surface area (Å²) in [6.45, 7) is 14.0. The van der Waals surface area contributed by atoms with Gasteiger partial charge < -0.3 is 0 Å². The molecular formula is C22H22S2. The second-order valence-corrected chi connectivity index (χ2v) is 10.9. The van der Waals surface area contributed by atoms with Gasteiger partial charge in [0.1, 0.15) is 0 Å². The number of aryl methyl sites for hydroxylation is 2. The fourth-order valence-electron chi connectivity index (χ4n) is 4.68. The zero-order chi connectivity index (χ0) is 17.0. The highest BCUT2D eigenvalue weighted by molar-refractivity contribution is 7.13. The summed E-state index contributed by atoms with van der Waals surface area (Å²) in [6, 6.07) is 9.79. The van der Waals surface area contributed by atoms with Gasteiger partial charge in [-0.1, -0.05) is 27.7 Å². The van der Waals surface area contributed by atoms with Crippen molar-refractivity contribution in [1.82, 2.24) is 0 Å². The predicted octanol–water partition coefficient (Wildman–Crippen LogP) is 7.04. The van der Waals surface area contributed by atoms with Crippen LogP contribution in [-0.2, 0) is 10.8 Å². The Labute approximate surface area is 152 Å². The van der Waals surface area contributed by atoms with Crippen molar-refractivity contribution in [3.63, 3.8) is 0 Å². The van der Waals surface area contributed by atoms with E-state index >= 15 is 0 Å². The minimum atomic E-state index is 0.122. The average molecular weight is 351 g/mol. The lowest BCUT2D eigenvalue weighted by Crippen LogP contribution is -2.16. The van der Waals surface area contributed by atoms with Crippen LogP contribution in [0.3, 0.4) is 0 Å². The molecule has 0 spiro atoms. The van der Waals surface area contributed by atoms with Crippen LogP contribution < -0.4 is 0 Å². The smallest absolute Gasteiger partial charge is 0.0253 e. The molecule has 1 aromatic carbocycles. The zero-order valence-electron chi connectivity index (χ0n) is 15.1. The molecule has 24 heavy (non-hydrogen) atoms. The molecule has 2 aliphatic carbocycles. The van der Waals surface area contributed by atoms with Gasteiger partial charge in [-0.2, -0.15) is 0 Å². The van der Waals surface area contributed by atoms with Crippen LogP contribution in [-0.4, -0.2) is 0 Å². The number of benzene rings is 1. The Morgan fingerprint density at radius 1 is 0.583 bits per heavy atom. The molecule has 0 atom stereocenters. The van der Waals surface area contributed by atoms with Crippen LogP contribution >= 0.6 is 22.7 Å². The Balaban J connectivity index is 1.86. The van der Waals surface area contributed by atoms with Crippen molar-refractivity contribution >= 4 is 22.7 Å². The van der Waals surface area contributed by atoms with Crippen LogP contribution in [0.5, 0.6) is 0 Å². The summed E-state index contributed by atoms with van der Waals surface area (Å²) in [5, 5.41) is 0. The molecule has 0 amide bonds. The lowest BCUT2D eigenvalue weighted by Gasteiger charge is -2.24. The van der Waals surface area contributed by atoms with E-state index in [2.05, 4.69) is 65.8 Å². The molecule has 0 radical (unpaired) electrons. The Morgan fingerprint density at radius 2 is 0.958 bits per heavy atom. The molecule has 2 heterocycles. The third kappa shape index (κ3) is 1.59. The van der Waals surface area contributed by atoms with Crippen LogP contribution in [0.25, 0.3) is 22.3 Å². The van der Waals surface area contributed by atoms with Gasteiger partial charge in [-0.25, -0.2) is 0 Å².